The molecule has 0 amide bonds. The Morgan fingerprint density at radius 1 is 0.707 bits per heavy atom. The monoisotopic (exact) mass is 628 g/mol. The summed E-state index contributed by atoms with van der Waals surface area (Å²) in [4.78, 5) is 13.2. The third kappa shape index (κ3) is 13.3. The lowest BCUT2D eigenvalue weighted by molar-refractivity contribution is -0.130. The molecule has 240 valence electrons. The Kier molecular flexibility index (Phi) is 15.6. The summed E-state index contributed by atoms with van der Waals surface area (Å²) in [6, 6.07) is 0. The van der Waals surface area contributed by atoms with Gasteiger partial charge >= 0.3 is 0 Å². The molecular weight excluding hydrogens is 565 g/mol. The molecule has 0 aliphatic rings. The molecule has 0 saturated carbocycles. The van der Waals surface area contributed by atoms with Gasteiger partial charge in [0.2, 0.25) is 0 Å². The van der Waals surface area contributed by atoms with Gasteiger partial charge in [-0.2, -0.15) is 0 Å². The van der Waals surface area contributed by atoms with Crippen molar-refractivity contribution in [1.82, 2.24) is 0 Å². The van der Waals surface area contributed by atoms with E-state index in [-0.39, 0.29) is 33.8 Å². The van der Waals surface area contributed by atoms with E-state index >= 15 is 0 Å². The number of ether oxygens (including phenoxy) is 2. The van der Waals surface area contributed by atoms with Crippen molar-refractivity contribution < 1.29 is 27.5 Å². The second kappa shape index (κ2) is 15.9. The molecule has 0 N–H and O–H groups in total. The molecule has 0 fully saturated rings. The van der Waals surface area contributed by atoms with E-state index in [4.69, 9.17) is 22.8 Å². The Labute approximate surface area is 256 Å². The van der Waals surface area contributed by atoms with Crippen LogP contribution in [0.25, 0.3) is 0 Å². The van der Waals surface area contributed by atoms with Gasteiger partial charge in [0, 0.05) is 7.11 Å². The first-order valence-electron chi connectivity index (χ1n) is 14.9. The SMILES string of the molecule is C/C=C/[C@@H](OCOC)C(=O)/C=C/[C@H](O[Si](C)(C)C(C)(C)C)[C@H](/C=C/CO[Si](C)(C)C(C)(C)C)O[Si](C)(C)C(C)(C)C. The van der Waals surface area contributed by atoms with Crippen molar-refractivity contribution in [3.05, 3.63) is 36.5 Å². The summed E-state index contributed by atoms with van der Waals surface area (Å²) < 4.78 is 31.1. The number of hydrogen-bond acceptors (Lipinski definition) is 6. The number of ketones is 1. The second-order valence-electron chi connectivity index (χ2n) is 15.5. The summed E-state index contributed by atoms with van der Waals surface area (Å²) in [6.07, 6.45) is 9.60. The molecule has 0 radical (unpaired) electrons. The van der Waals surface area contributed by atoms with Gasteiger partial charge in [0.1, 0.15) is 12.9 Å². The molecular formula is C32H64O6Si3. The summed E-state index contributed by atoms with van der Waals surface area (Å²) in [6.45, 7) is 36.0. The fourth-order valence-electron chi connectivity index (χ4n) is 2.96. The highest BCUT2D eigenvalue weighted by Crippen LogP contribution is 2.41. The summed E-state index contributed by atoms with van der Waals surface area (Å²) in [5, 5.41) is 0.112. The van der Waals surface area contributed by atoms with Crippen molar-refractivity contribution >= 4 is 30.7 Å². The number of allylic oxidation sites excluding steroid dienone is 1. The van der Waals surface area contributed by atoms with E-state index in [1.54, 1.807) is 19.3 Å². The molecule has 0 aliphatic carbocycles. The highest BCUT2D eigenvalue weighted by molar-refractivity contribution is 6.75. The summed E-state index contributed by atoms with van der Waals surface area (Å²) in [5.41, 5.74) is 0. The third-order valence-electron chi connectivity index (χ3n) is 8.93. The number of rotatable bonds is 16. The highest BCUT2D eigenvalue weighted by atomic mass is 28.4. The largest absolute Gasteiger partial charge is 0.413 e. The average molecular weight is 629 g/mol. The molecule has 0 aromatic carbocycles. The number of carbonyl (C=O) groups excluding carboxylic acids is 1. The topological polar surface area (TPSA) is 63.2 Å². The van der Waals surface area contributed by atoms with Crippen LogP contribution in [-0.4, -0.2) is 69.6 Å². The minimum Gasteiger partial charge on any atom is -0.413 e. The van der Waals surface area contributed by atoms with E-state index in [1.165, 1.54) is 0 Å². The quantitative estimate of drug-likeness (QED) is 0.0735. The van der Waals surface area contributed by atoms with Crippen molar-refractivity contribution in [3.8, 4) is 0 Å². The average Bonchev–Trinajstić information content (AvgIpc) is 2.78. The van der Waals surface area contributed by atoms with Gasteiger partial charge in [-0.25, -0.2) is 0 Å². The van der Waals surface area contributed by atoms with Gasteiger partial charge in [0.25, 0.3) is 0 Å². The van der Waals surface area contributed by atoms with Crippen LogP contribution in [-0.2, 0) is 27.5 Å². The summed E-state index contributed by atoms with van der Waals surface area (Å²) in [5.74, 6) is -0.166. The van der Waals surface area contributed by atoms with Crippen LogP contribution in [0.1, 0.15) is 69.2 Å². The fraction of sp³-hybridized carbons (Fsp3) is 0.781. The Morgan fingerprint density at radius 2 is 1.15 bits per heavy atom. The van der Waals surface area contributed by atoms with Crippen molar-refractivity contribution in [3.63, 3.8) is 0 Å². The Morgan fingerprint density at radius 3 is 1.54 bits per heavy atom. The zero-order valence-corrected chi connectivity index (χ0v) is 32.6. The highest BCUT2D eigenvalue weighted by Gasteiger charge is 2.44. The minimum atomic E-state index is -2.24. The van der Waals surface area contributed by atoms with Crippen molar-refractivity contribution in [2.45, 2.75) is 142 Å². The molecule has 0 heterocycles. The molecule has 0 aliphatic heterocycles. The van der Waals surface area contributed by atoms with Crippen LogP contribution >= 0.6 is 0 Å². The maximum atomic E-state index is 13.2. The van der Waals surface area contributed by atoms with Crippen LogP contribution in [0.3, 0.4) is 0 Å². The minimum absolute atomic E-state index is 0.00277. The number of methoxy groups -OCH3 is 1. The van der Waals surface area contributed by atoms with Gasteiger partial charge in [0.15, 0.2) is 30.7 Å². The first kappa shape index (κ1) is 40.3. The van der Waals surface area contributed by atoms with Crippen LogP contribution in [0.15, 0.2) is 36.5 Å². The zero-order chi connectivity index (χ0) is 32.5. The smallest absolute Gasteiger partial charge is 0.193 e. The molecule has 0 aromatic heterocycles. The molecule has 0 saturated heterocycles. The van der Waals surface area contributed by atoms with Gasteiger partial charge in [-0.3, -0.25) is 4.79 Å². The van der Waals surface area contributed by atoms with Gasteiger partial charge in [0.05, 0.1) is 18.8 Å². The lowest BCUT2D eigenvalue weighted by Crippen LogP contribution is -2.51. The van der Waals surface area contributed by atoms with E-state index in [0.29, 0.717) is 6.61 Å². The predicted octanol–water partition coefficient (Wildman–Crippen LogP) is 9.04. The van der Waals surface area contributed by atoms with E-state index in [2.05, 4.69) is 114 Å². The van der Waals surface area contributed by atoms with Gasteiger partial charge in [-0.05, 0) is 67.4 Å². The molecule has 0 bridgehead atoms. The molecule has 0 unspecified atom stereocenters. The Hall–Kier alpha value is -0.659. The molecule has 3 atom stereocenters. The van der Waals surface area contributed by atoms with Crippen LogP contribution in [0.4, 0.5) is 0 Å². The molecule has 0 spiro atoms. The number of hydrogen-bond donors (Lipinski definition) is 0. The first-order chi connectivity index (χ1) is 18.3. The molecule has 0 rings (SSSR count). The Balaban J connectivity index is 6.62. The fourth-order valence-corrected chi connectivity index (χ4v) is 6.40. The Bertz CT molecular complexity index is 887. The van der Waals surface area contributed by atoms with Crippen LogP contribution in [0.2, 0.25) is 54.4 Å². The van der Waals surface area contributed by atoms with E-state index < -0.39 is 37.2 Å². The van der Waals surface area contributed by atoms with Crippen molar-refractivity contribution in [2.75, 3.05) is 20.5 Å². The van der Waals surface area contributed by atoms with Crippen LogP contribution < -0.4 is 0 Å². The lowest BCUT2D eigenvalue weighted by Gasteiger charge is -2.44. The number of carbonyl (C=O) groups is 1. The normalized spacial score (nSPS) is 17.1. The van der Waals surface area contributed by atoms with Gasteiger partial charge < -0.3 is 22.8 Å². The second-order valence-corrected chi connectivity index (χ2v) is 29.8. The summed E-state index contributed by atoms with van der Waals surface area (Å²) in [7, 11) is -4.81. The molecule has 6 nitrogen and oxygen atoms in total. The molecule has 9 heteroatoms. The van der Waals surface area contributed by atoms with Crippen molar-refractivity contribution in [1.29, 1.82) is 0 Å². The standard InChI is InChI=1S/C32H64O6Si3/c1-18-20-27(35-25-34-11)26(33)22-23-29(38-41(16,17)32(8,9)10)28(37-40(14,15)31(5,6)7)21-19-24-36-39(12,13)30(2,3)4/h18-23,27-29H,24-25H2,1-17H3/b20-18+,21-19+,23-22+/t27-,28+,29+/m1/s1. The lowest BCUT2D eigenvalue weighted by atomic mass is 10.1. The first-order valence-corrected chi connectivity index (χ1v) is 23.7. The van der Waals surface area contributed by atoms with E-state index in [1.807, 2.05) is 19.1 Å². The molecule has 41 heavy (non-hydrogen) atoms. The van der Waals surface area contributed by atoms with Gasteiger partial charge in [-0.1, -0.05) is 92.7 Å². The molecule has 0 aromatic rings. The summed E-state index contributed by atoms with van der Waals surface area (Å²) >= 11 is 0. The van der Waals surface area contributed by atoms with Crippen molar-refractivity contribution in [2.24, 2.45) is 0 Å². The third-order valence-corrected chi connectivity index (χ3v) is 22.4. The predicted molar refractivity (Wildman–Crippen MR) is 182 cm³/mol. The zero-order valence-electron chi connectivity index (χ0n) is 29.6. The maximum absolute atomic E-state index is 13.2. The van der Waals surface area contributed by atoms with Crippen LogP contribution in [0, 0.1) is 0 Å². The maximum Gasteiger partial charge on any atom is 0.193 e. The van der Waals surface area contributed by atoms with E-state index in [9.17, 15) is 4.79 Å². The van der Waals surface area contributed by atoms with E-state index in [0.717, 1.165) is 0 Å². The van der Waals surface area contributed by atoms with Gasteiger partial charge in [-0.15, -0.1) is 0 Å². The van der Waals surface area contributed by atoms with Crippen LogP contribution in [0.5, 0.6) is 0 Å².